The fraction of sp³-hybridized carbons (Fsp3) is 0.615. The quantitative estimate of drug-likeness (QED) is 0.780. The van der Waals surface area contributed by atoms with E-state index in [1.807, 2.05) is 6.92 Å². The molecule has 1 aliphatic carbocycles. The van der Waals surface area contributed by atoms with Crippen molar-refractivity contribution >= 4 is 5.97 Å². The van der Waals surface area contributed by atoms with Gasteiger partial charge in [0.25, 0.3) is 0 Å². The molecule has 1 unspecified atom stereocenters. The molecule has 0 aliphatic heterocycles. The summed E-state index contributed by atoms with van der Waals surface area (Å²) in [6, 6.07) is 0. The fourth-order valence-corrected chi connectivity index (χ4v) is 2.52. The van der Waals surface area contributed by atoms with Crippen molar-refractivity contribution < 1.29 is 9.53 Å². The van der Waals surface area contributed by atoms with Gasteiger partial charge in [0.05, 0.1) is 12.5 Å². The molecule has 0 spiro atoms. The molecule has 0 radical (unpaired) electrons. The van der Waals surface area contributed by atoms with Gasteiger partial charge in [-0.2, -0.15) is 0 Å². The van der Waals surface area contributed by atoms with Gasteiger partial charge in [0, 0.05) is 11.4 Å². The van der Waals surface area contributed by atoms with E-state index in [0.717, 1.165) is 25.0 Å². The predicted molar refractivity (Wildman–Crippen MR) is 62.6 cm³/mol. The molecule has 0 bridgehead atoms. The summed E-state index contributed by atoms with van der Waals surface area (Å²) < 4.78 is 5.13. The van der Waals surface area contributed by atoms with Gasteiger partial charge in [0.2, 0.25) is 0 Å². The van der Waals surface area contributed by atoms with Gasteiger partial charge in [-0.3, -0.25) is 4.79 Å². The van der Waals surface area contributed by atoms with Crippen molar-refractivity contribution in [1.29, 1.82) is 0 Å². The summed E-state index contributed by atoms with van der Waals surface area (Å²) in [5, 5.41) is 0. The van der Waals surface area contributed by atoms with E-state index in [9.17, 15) is 4.79 Å². The third kappa shape index (κ3) is 1.75. The maximum atomic E-state index is 11.8. The molecular weight excluding hydrogens is 202 g/mol. The van der Waals surface area contributed by atoms with Crippen molar-refractivity contribution in [2.24, 2.45) is 0 Å². The molecule has 0 fully saturated rings. The largest absolute Gasteiger partial charge is 0.465 e. The summed E-state index contributed by atoms with van der Waals surface area (Å²) in [6.45, 7) is 6.50. The average Bonchev–Trinajstić information content (AvgIpc) is 2.55. The number of ether oxygens (including phenoxy) is 1. The third-order valence-corrected chi connectivity index (χ3v) is 3.50. The van der Waals surface area contributed by atoms with E-state index in [4.69, 9.17) is 4.74 Å². The van der Waals surface area contributed by atoms with E-state index >= 15 is 0 Å². The van der Waals surface area contributed by atoms with Crippen LogP contribution in [0.5, 0.6) is 0 Å². The van der Waals surface area contributed by atoms with Crippen LogP contribution in [0.2, 0.25) is 0 Å². The molecule has 1 atom stereocenters. The molecule has 2 rings (SSSR count). The lowest BCUT2D eigenvalue weighted by Crippen LogP contribution is -2.20. The fourth-order valence-electron chi connectivity index (χ4n) is 2.52. The van der Waals surface area contributed by atoms with Gasteiger partial charge in [-0.05, 0) is 51.2 Å². The standard InChI is InChI=1S/C13H19NO2/c1-4-16-13(15)11-7-5-6-10-8(2)9(3)14-12(10)11/h11,14H,4-7H2,1-3H3. The number of esters is 1. The molecule has 1 N–H and O–H groups in total. The van der Waals surface area contributed by atoms with E-state index in [0.29, 0.717) is 6.61 Å². The molecule has 0 amide bonds. The van der Waals surface area contributed by atoms with Crippen molar-refractivity contribution in [3.05, 3.63) is 22.5 Å². The Balaban J connectivity index is 2.33. The number of H-pyrrole nitrogens is 1. The molecule has 1 heterocycles. The van der Waals surface area contributed by atoms with E-state index in [-0.39, 0.29) is 11.9 Å². The van der Waals surface area contributed by atoms with Crippen molar-refractivity contribution in [1.82, 2.24) is 4.98 Å². The first kappa shape index (κ1) is 11.2. The van der Waals surface area contributed by atoms with Crippen LogP contribution in [-0.2, 0) is 16.0 Å². The molecule has 0 saturated carbocycles. The van der Waals surface area contributed by atoms with Gasteiger partial charge < -0.3 is 9.72 Å². The van der Waals surface area contributed by atoms with E-state index < -0.39 is 0 Å². The van der Waals surface area contributed by atoms with Crippen LogP contribution in [0.3, 0.4) is 0 Å². The van der Waals surface area contributed by atoms with Crippen LogP contribution >= 0.6 is 0 Å². The zero-order chi connectivity index (χ0) is 11.7. The Morgan fingerprint density at radius 3 is 2.94 bits per heavy atom. The number of carbonyl (C=O) groups is 1. The molecular formula is C13H19NO2. The highest BCUT2D eigenvalue weighted by Crippen LogP contribution is 2.34. The number of rotatable bonds is 2. The number of hydrogen-bond acceptors (Lipinski definition) is 2. The molecule has 88 valence electrons. The second kappa shape index (κ2) is 4.32. The predicted octanol–water partition coefficient (Wildman–Crippen LogP) is 2.61. The summed E-state index contributed by atoms with van der Waals surface area (Å²) in [5.74, 6) is -0.152. The third-order valence-electron chi connectivity index (χ3n) is 3.50. The van der Waals surface area contributed by atoms with Crippen molar-refractivity contribution in [3.8, 4) is 0 Å². The van der Waals surface area contributed by atoms with Crippen molar-refractivity contribution in [3.63, 3.8) is 0 Å². The second-order valence-corrected chi connectivity index (χ2v) is 4.46. The van der Waals surface area contributed by atoms with Crippen LogP contribution in [0.15, 0.2) is 0 Å². The number of aryl methyl sites for hydroxylation is 1. The normalized spacial score (nSPS) is 19.3. The Labute approximate surface area is 96.2 Å². The van der Waals surface area contributed by atoms with Gasteiger partial charge in [0.15, 0.2) is 0 Å². The Morgan fingerprint density at radius 2 is 2.25 bits per heavy atom. The van der Waals surface area contributed by atoms with Crippen LogP contribution in [-0.4, -0.2) is 17.6 Å². The lowest BCUT2D eigenvalue weighted by molar-refractivity contribution is -0.145. The van der Waals surface area contributed by atoms with Gasteiger partial charge in [0.1, 0.15) is 0 Å². The Morgan fingerprint density at radius 1 is 1.50 bits per heavy atom. The molecule has 16 heavy (non-hydrogen) atoms. The highest BCUT2D eigenvalue weighted by Gasteiger charge is 2.30. The zero-order valence-corrected chi connectivity index (χ0v) is 10.2. The highest BCUT2D eigenvalue weighted by molar-refractivity contribution is 5.78. The smallest absolute Gasteiger partial charge is 0.314 e. The number of hydrogen-bond donors (Lipinski definition) is 1. The lowest BCUT2D eigenvalue weighted by Gasteiger charge is -2.21. The second-order valence-electron chi connectivity index (χ2n) is 4.46. The Hall–Kier alpha value is -1.25. The van der Waals surface area contributed by atoms with Crippen LogP contribution in [0, 0.1) is 13.8 Å². The first-order valence-corrected chi connectivity index (χ1v) is 5.99. The van der Waals surface area contributed by atoms with Crippen LogP contribution in [0.25, 0.3) is 0 Å². The van der Waals surface area contributed by atoms with Crippen LogP contribution in [0.1, 0.15) is 48.2 Å². The van der Waals surface area contributed by atoms with Gasteiger partial charge in [-0.15, -0.1) is 0 Å². The maximum absolute atomic E-state index is 11.8. The lowest BCUT2D eigenvalue weighted by atomic mass is 9.86. The zero-order valence-electron chi connectivity index (χ0n) is 10.2. The van der Waals surface area contributed by atoms with Crippen molar-refractivity contribution in [2.45, 2.75) is 46.0 Å². The molecule has 3 nitrogen and oxygen atoms in total. The maximum Gasteiger partial charge on any atom is 0.314 e. The monoisotopic (exact) mass is 221 g/mol. The van der Waals surface area contributed by atoms with E-state index in [1.165, 1.54) is 16.8 Å². The number of fused-ring (bicyclic) bond motifs is 1. The van der Waals surface area contributed by atoms with Gasteiger partial charge in [-0.25, -0.2) is 0 Å². The molecule has 0 saturated heterocycles. The van der Waals surface area contributed by atoms with Crippen LogP contribution in [0.4, 0.5) is 0 Å². The average molecular weight is 221 g/mol. The molecule has 1 aliphatic rings. The van der Waals surface area contributed by atoms with Crippen LogP contribution < -0.4 is 0 Å². The van der Waals surface area contributed by atoms with E-state index in [2.05, 4.69) is 18.8 Å². The summed E-state index contributed by atoms with van der Waals surface area (Å²) in [4.78, 5) is 15.2. The number of aromatic nitrogens is 1. The minimum absolute atomic E-state index is 0.0731. The molecule has 1 aromatic rings. The molecule has 3 heteroatoms. The summed E-state index contributed by atoms with van der Waals surface area (Å²) in [7, 11) is 0. The number of nitrogens with one attached hydrogen (secondary N) is 1. The topological polar surface area (TPSA) is 42.1 Å². The van der Waals surface area contributed by atoms with E-state index in [1.54, 1.807) is 0 Å². The SMILES string of the molecule is CCOC(=O)C1CCCc2c1[nH]c(C)c2C. The molecule has 0 aromatic carbocycles. The summed E-state index contributed by atoms with van der Waals surface area (Å²) >= 11 is 0. The number of carbonyl (C=O) groups excluding carboxylic acids is 1. The summed E-state index contributed by atoms with van der Waals surface area (Å²) in [5.41, 5.74) is 4.92. The first-order chi connectivity index (χ1) is 7.65. The van der Waals surface area contributed by atoms with Crippen molar-refractivity contribution in [2.75, 3.05) is 6.61 Å². The van der Waals surface area contributed by atoms with Gasteiger partial charge >= 0.3 is 5.97 Å². The Kier molecular flexibility index (Phi) is 3.03. The molecule has 1 aromatic heterocycles. The van der Waals surface area contributed by atoms with Gasteiger partial charge in [-0.1, -0.05) is 0 Å². The Bertz CT molecular complexity index is 406. The first-order valence-electron chi connectivity index (χ1n) is 5.99. The number of aromatic amines is 1. The highest BCUT2D eigenvalue weighted by atomic mass is 16.5. The minimum Gasteiger partial charge on any atom is -0.465 e. The summed E-state index contributed by atoms with van der Waals surface area (Å²) in [6.07, 6.45) is 3.07. The minimum atomic E-state index is -0.0790.